The Morgan fingerprint density at radius 3 is 2.58 bits per heavy atom. The van der Waals surface area contributed by atoms with Crippen LogP contribution in [0.2, 0.25) is 0 Å². The van der Waals surface area contributed by atoms with Gasteiger partial charge < -0.3 is 10.2 Å². The molecule has 0 saturated heterocycles. The Kier molecular flexibility index (Phi) is 3.35. The fourth-order valence-corrected chi connectivity index (χ4v) is 1.34. The lowest BCUT2D eigenvalue weighted by Gasteiger charge is -2.03. The van der Waals surface area contributed by atoms with E-state index in [2.05, 4.69) is 13.8 Å². The molecular weight excluding hydrogens is 150 g/mol. The highest BCUT2D eigenvalue weighted by Crippen LogP contribution is 2.15. The molecule has 2 N–H and O–H groups in total. The van der Waals surface area contributed by atoms with Gasteiger partial charge in [0.25, 0.3) is 0 Å². The van der Waals surface area contributed by atoms with Gasteiger partial charge in [0.2, 0.25) is 0 Å². The van der Waals surface area contributed by atoms with Crippen LogP contribution in [0.25, 0.3) is 0 Å². The molecule has 1 rings (SSSR count). The van der Waals surface area contributed by atoms with Crippen LogP contribution in [0.4, 0.5) is 0 Å². The third-order valence-corrected chi connectivity index (χ3v) is 1.87. The molecule has 0 spiro atoms. The van der Waals surface area contributed by atoms with Gasteiger partial charge in [-0.1, -0.05) is 13.8 Å². The van der Waals surface area contributed by atoms with Crippen LogP contribution < -0.4 is 5.73 Å². The van der Waals surface area contributed by atoms with Gasteiger partial charge >= 0.3 is 0 Å². The SMILES string of the molecule is CC(C)Cc1cocc1CCN. The Morgan fingerprint density at radius 2 is 2.00 bits per heavy atom. The van der Waals surface area contributed by atoms with E-state index in [1.165, 1.54) is 11.1 Å². The minimum absolute atomic E-state index is 0.680. The molecule has 0 bridgehead atoms. The lowest BCUT2D eigenvalue weighted by atomic mass is 10.0. The fraction of sp³-hybridized carbons (Fsp3) is 0.600. The summed E-state index contributed by atoms with van der Waals surface area (Å²) in [6.07, 6.45) is 5.67. The van der Waals surface area contributed by atoms with E-state index in [0.29, 0.717) is 12.5 Å². The number of rotatable bonds is 4. The summed E-state index contributed by atoms with van der Waals surface area (Å²) >= 11 is 0. The molecule has 0 radical (unpaired) electrons. The second-order valence-electron chi connectivity index (χ2n) is 3.56. The van der Waals surface area contributed by atoms with Gasteiger partial charge in [-0.15, -0.1) is 0 Å². The fourth-order valence-electron chi connectivity index (χ4n) is 1.34. The third-order valence-electron chi connectivity index (χ3n) is 1.87. The molecule has 0 aliphatic carbocycles. The minimum Gasteiger partial charge on any atom is -0.472 e. The molecule has 0 fully saturated rings. The summed E-state index contributed by atoms with van der Waals surface area (Å²) in [6, 6.07) is 0. The van der Waals surface area contributed by atoms with Gasteiger partial charge in [-0.2, -0.15) is 0 Å². The van der Waals surface area contributed by atoms with Crippen LogP contribution in [-0.2, 0) is 12.8 Å². The maximum atomic E-state index is 5.48. The number of hydrogen-bond donors (Lipinski definition) is 1. The lowest BCUT2D eigenvalue weighted by Crippen LogP contribution is -2.04. The molecule has 1 aromatic heterocycles. The van der Waals surface area contributed by atoms with E-state index in [0.717, 1.165) is 12.8 Å². The van der Waals surface area contributed by atoms with Gasteiger partial charge in [0.15, 0.2) is 0 Å². The van der Waals surface area contributed by atoms with Crippen molar-refractivity contribution in [1.82, 2.24) is 0 Å². The predicted molar refractivity (Wildman–Crippen MR) is 50.0 cm³/mol. The molecule has 1 heterocycles. The number of hydrogen-bond acceptors (Lipinski definition) is 2. The van der Waals surface area contributed by atoms with Crippen molar-refractivity contribution in [1.29, 1.82) is 0 Å². The normalized spacial score (nSPS) is 11.0. The summed E-state index contributed by atoms with van der Waals surface area (Å²) in [4.78, 5) is 0. The minimum atomic E-state index is 0.680. The van der Waals surface area contributed by atoms with Crippen molar-refractivity contribution < 1.29 is 4.42 Å². The largest absolute Gasteiger partial charge is 0.472 e. The first-order valence-electron chi connectivity index (χ1n) is 4.48. The lowest BCUT2D eigenvalue weighted by molar-refractivity contribution is 0.556. The van der Waals surface area contributed by atoms with Crippen LogP contribution in [0.1, 0.15) is 25.0 Å². The average Bonchev–Trinajstić information content (AvgIpc) is 2.37. The standard InChI is InChI=1S/C10H17NO/c1-8(2)5-10-7-12-6-9(10)3-4-11/h6-8H,3-5,11H2,1-2H3. The molecule has 0 aromatic carbocycles. The van der Waals surface area contributed by atoms with Gasteiger partial charge in [-0.3, -0.25) is 0 Å². The van der Waals surface area contributed by atoms with Crippen LogP contribution in [0.3, 0.4) is 0 Å². The summed E-state index contributed by atoms with van der Waals surface area (Å²) < 4.78 is 5.14. The van der Waals surface area contributed by atoms with Crippen molar-refractivity contribution in [3.8, 4) is 0 Å². The van der Waals surface area contributed by atoms with Crippen molar-refractivity contribution in [3.63, 3.8) is 0 Å². The summed E-state index contributed by atoms with van der Waals surface area (Å²) in [5.41, 5.74) is 8.06. The van der Waals surface area contributed by atoms with Crippen LogP contribution in [-0.4, -0.2) is 6.54 Å². The smallest absolute Gasteiger partial charge is 0.0937 e. The number of nitrogens with two attached hydrogens (primary N) is 1. The maximum Gasteiger partial charge on any atom is 0.0937 e. The average molecular weight is 167 g/mol. The zero-order valence-corrected chi connectivity index (χ0v) is 7.84. The zero-order chi connectivity index (χ0) is 8.97. The van der Waals surface area contributed by atoms with Gasteiger partial charge in [0.05, 0.1) is 12.5 Å². The molecule has 0 aliphatic rings. The highest BCUT2D eigenvalue weighted by Gasteiger charge is 2.05. The summed E-state index contributed by atoms with van der Waals surface area (Å²) in [5.74, 6) is 0.680. The molecule has 2 nitrogen and oxygen atoms in total. The monoisotopic (exact) mass is 167 g/mol. The third kappa shape index (κ3) is 2.38. The molecule has 12 heavy (non-hydrogen) atoms. The molecule has 68 valence electrons. The highest BCUT2D eigenvalue weighted by atomic mass is 16.3. The van der Waals surface area contributed by atoms with Gasteiger partial charge in [0, 0.05) is 0 Å². The molecular formula is C10H17NO. The summed E-state index contributed by atoms with van der Waals surface area (Å²) in [5, 5.41) is 0. The van der Waals surface area contributed by atoms with Crippen molar-refractivity contribution in [3.05, 3.63) is 23.7 Å². The van der Waals surface area contributed by atoms with Gasteiger partial charge in [0.1, 0.15) is 0 Å². The Hall–Kier alpha value is -0.760. The van der Waals surface area contributed by atoms with E-state index in [-0.39, 0.29) is 0 Å². The second-order valence-corrected chi connectivity index (χ2v) is 3.56. The van der Waals surface area contributed by atoms with Crippen molar-refractivity contribution in [2.45, 2.75) is 26.7 Å². The van der Waals surface area contributed by atoms with E-state index in [1.807, 2.05) is 12.5 Å². The van der Waals surface area contributed by atoms with E-state index in [4.69, 9.17) is 10.2 Å². The molecule has 1 aromatic rings. The summed E-state index contributed by atoms with van der Waals surface area (Å²) in [7, 11) is 0. The van der Waals surface area contributed by atoms with E-state index in [1.54, 1.807) is 0 Å². The zero-order valence-electron chi connectivity index (χ0n) is 7.84. The quantitative estimate of drug-likeness (QED) is 0.744. The van der Waals surface area contributed by atoms with E-state index in [9.17, 15) is 0 Å². The van der Waals surface area contributed by atoms with Gasteiger partial charge in [-0.05, 0) is 36.4 Å². The maximum absolute atomic E-state index is 5.48. The van der Waals surface area contributed by atoms with Crippen LogP contribution in [0.5, 0.6) is 0 Å². The second kappa shape index (κ2) is 4.31. The van der Waals surface area contributed by atoms with Crippen molar-refractivity contribution in [2.75, 3.05) is 6.54 Å². The Labute approximate surface area is 73.8 Å². The number of furan rings is 1. The van der Waals surface area contributed by atoms with Gasteiger partial charge in [-0.25, -0.2) is 0 Å². The topological polar surface area (TPSA) is 39.2 Å². The first kappa shape index (κ1) is 9.33. The molecule has 0 aliphatic heterocycles. The predicted octanol–water partition coefficient (Wildman–Crippen LogP) is 1.98. The van der Waals surface area contributed by atoms with Crippen molar-refractivity contribution >= 4 is 0 Å². The Morgan fingerprint density at radius 1 is 1.33 bits per heavy atom. The van der Waals surface area contributed by atoms with Crippen LogP contribution in [0.15, 0.2) is 16.9 Å². The molecule has 0 saturated carbocycles. The van der Waals surface area contributed by atoms with E-state index < -0.39 is 0 Å². The van der Waals surface area contributed by atoms with Crippen LogP contribution >= 0.6 is 0 Å². The van der Waals surface area contributed by atoms with Crippen molar-refractivity contribution in [2.24, 2.45) is 11.7 Å². The molecule has 0 unspecified atom stereocenters. The summed E-state index contributed by atoms with van der Waals surface area (Å²) in [6.45, 7) is 5.11. The highest BCUT2D eigenvalue weighted by molar-refractivity contribution is 5.21. The first-order chi connectivity index (χ1) is 5.74. The molecule has 0 amide bonds. The Balaban J connectivity index is 2.63. The first-order valence-corrected chi connectivity index (χ1v) is 4.48. The molecule has 2 heteroatoms. The molecule has 0 atom stereocenters. The Bertz CT molecular complexity index is 227. The van der Waals surface area contributed by atoms with E-state index >= 15 is 0 Å². The van der Waals surface area contributed by atoms with Crippen LogP contribution in [0, 0.1) is 5.92 Å².